The number of guanidine groups is 1. The number of rotatable bonds is 20. The second kappa shape index (κ2) is 35.6. The van der Waals surface area contributed by atoms with Crippen molar-refractivity contribution in [2.24, 2.45) is 5.73 Å². The number of amides is 10. The van der Waals surface area contributed by atoms with Crippen molar-refractivity contribution in [3.8, 4) is 0 Å². The van der Waals surface area contributed by atoms with Gasteiger partial charge in [0.05, 0.1) is 25.3 Å². The summed E-state index contributed by atoms with van der Waals surface area (Å²) in [5.41, 5.74) is 5.80. The van der Waals surface area contributed by atoms with Gasteiger partial charge in [0, 0.05) is 81.8 Å². The molecular formula is C58H71N15O21S7. The van der Waals surface area contributed by atoms with Crippen LogP contribution in [0.15, 0.2) is 81.4 Å². The van der Waals surface area contributed by atoms with Crippen molar-refractivity contribution < 1.29 is 96.8 Å². The van der Waals surface area contributed by atoms with E-state index < -0.39 is 189 Å². The molecule has 0 radical (unpaired) electrons. The Hall–Kier alpha value is -8.95. The van der Waals surface area contributed by atoms with E-state index in [1.807, 2.05) is 0 Å². The summed E-state index contributed by atoms with van der Waals surface area (Å²) in [6, 6.07) is 3.16. The molecule has 2 aliphatic heterocycles. The zero-order valence-electron chi connectivity index (χ0n) is 53.2. The highest BCUT2D eigenvalue weighted by atomic mass is 33.1. The van der Waals surface area contributed by atoms with E-state index in [1.54, 1.807) is 30.3 Å². The summed E-state index contributed by atoms with van der Waals surface area (Å²) in [6.07, 6.45) is -1.43. The second-order valence-electron chi connectivity index (χ2n) is 22.7. The summed E-state index contributed by atoms with van der Waals surface area (Å²) in [4.78, 5) is 149. The molecule has 36 nitrogen and oxygen atoms in total. The Labute approximate surface area is 593 Å². The summed E-state index contributed by atoms with van der Waals surface area (Å²) in [5, 5.41) is 49.0. The van der Waals surface area contributed by atoms with Crippen LogP contribution in [0.3, 0.4) is 0 Å². The largest absolute Gasteiger partial charge is 0.481 e. The molecule has 10 amide bonds. The summed E-state index contributed by atoms with van der Waals surface area (Å²) in [5.74, 6) is -13.3. The number of unbranched alkanes of at least 4 members (excludes halogenated alkanes) is 1. The number of hydrogen-bond acceptors (Lipinski definition) is 22. The third kappa shape index (κ3) is 22.5. The van der Waals surface area contributed by atoms with E-state index >= 15 is 0 Å². The first-order valence-corrected chi connectivity index (χ1v) is 38.8. The van der Waals surface area contributed by atoms with Gasteiger partial charge < -0.3 is 80.0 Å². The maximum absolute atomic E-state index is 14.7. The fourth-order valence-electron chi connectivity index (χ4n) is 10.6. The number of fused-ring (bicyclic) bond motifs is 5. The highest BCUT2D eigenvalue weighted by molar-refractivity contribution is 8.76. The fraction of sp³-hybridized carbons (Fsp3) is 0.397. The maximum Gasteiger partial charge on any atom is 0.305 e. The minimum Gasteiger partial charge on any atom is -0.481 e. The Balaban J connectivity index is 1.21. The van der Waals surface area contributed by atoms with Crippen LogP contribution < -0.4 is 74.9 Å². The van der Waals surface area contributed by atoms with Gasteiger partial charge in [0.15, 0.2) is 11.1 Å². The number of hydrogen-bond donors (Lipinski definition) is 19. The van der Waals surface area contributed by atoms with Crippen LogP contribution in [0.2, 0.25) is 0 Å². The zero-order chi connectivity index (χ0) is 74.1. The van der Waals surface area contributed by atoms with Gasteiger partial charge >= 0.3 is 5.97 Å². The molecule has 546 valence electrons. The Kier molecular flexibility index (Phi) is 28.0. The summed E-state index contributed by atoms with van der Waals surface area (Å²) < 4.78 is 107. The van der Waals surface area contributed by atoms with Gasteiger partial charge in [0.25, 0.3) is 30.4 Å². The number of carboxylic acids is 1. The van der Waals surface area contributed by atoms with E-state index in [2.05, 4.69) is 69.1 Å². The van der Waals surface area contributed by atoms with Crippen molar-refractivity contribution in [1.29, 1.82) is 5.41 Å². The molecule has 5 aromatic rings. The molecule has 5 aromatic carbocycles. The molecular weight excluding hydrogens is 1470 g/mol. The number of nitrogens with two attached hydrogens (primary N) is 1. The summed E-state index contributed by atoms with van der Waals surface area (Å²) >= 11 is 6.36. The molecule has 0 aromatic heterocycles. The van der Waals surface area contributed by atoms with Crippen molar-refractivity contribution in [2.45, 2.75) is 102 Å². The SMILES string of the molecule is CNC(=O)CNC(=O)[C@@H]1CSCC(=O)N[C@@H](CCCCNC(=S)Nc2cc(S(=O)(=O)O)c3ccc4c(S(=O)(=O)O)cc(S(=O)(=O)O)c5ccc2c3c54)C(=O)N[C@H]2CSSC[C@H](NC(=O)[C@H](CC(=O)O)NC(=O)CNC(=O)[C@H](CCCNC(=N)N)NC2=O)C(=O)N[C@@H](Cc2ccccc2)C(=O)N1. The zero-order valence-corrected chi connectivity index (χ0v) is 58.9. The molecule has 2 aliphatic rings. The number of aliphatic carboxylic acids is 1. The third-order valence-corrected chi connectivity index (χ3v) is 21.8. The van der Waals surface area contributed by atoms with Crippen LogP contribution in [-0.2, 0) is 89.5 Å². The van der Waals surface area contributed by atoms with Crippen molar-refractivity contribution in [3.05, 3.63) is 72.3 Å². The van der Waals surface area contributed by atoms with Crippen molar-refractivity contribution in [1.82, 2.24) is 63.8 Å². The van der Waals surface area contributed by atoms with E-state index in [0.717, 1.165) is 51.5 Å². The van der Waals surface area contributed by atoms with Crippen molar-refractivity contribution >= 4 is 190 Å². The predicted molar refractivity (Wildman–Crippen MR) is 375 cm³/mol. The molecule has 2 fully saturated rings. The Morgan fingerprint density at radius 3 is 1.68 bits per heavy atom. The van der Waals surface area contributed by atoms with Gasteiger partial charge in [-0.2, -0.15) is 25.3 Å². The predicted octanol–water partition coefficient (Wildman–Crippen LogP) is -2.72. The molecule has 0 aliphatic carbocycles. The number of thioether (sulfide) groups is 1. The molecule has 2 saturated heterocycles. The van der Waals surface area contributed by atoms with E-state index in [4.69, 9.17) is 23.4 Å². The first-order valence-electron chi connectivity index (χ1n) is 30.4. The monoisotopic (exact) mass is 1540 g/mol. The molecule has 0 saturated carbocycles. The van der Waals surface area contributed by atoms with Gasteiger partial charge in [-0.05, 0) is 62.0 Å². The molecule has 101 heavy (non-hydrogen) atoms. The van der Waals surface area contributed by atoms with Crippen LogP contribution in [0.5, 0.6) is 0 Å². The number of carbonyl (C=O) groups is 11. The minimum absolute atomic E-state index is 0.0120. The van der Waals surface area contributed by atoms with Crippen LogP contribution in [0.4, 0.5) is 5.69 Å². The van der Waals surface area contributed by atoms with Crippen LogP contribution in [0.1, 0.15) is 44.1 Å². The van der Waals surface area contributed by atoms with Gasteiger partial charge in [0.2, 0.25) is 59.1 Å². The lowest BCUT2D eigenvalue weighted by Crippen LogP contribution is -2.60. The number of thiocarbonyl (C=S) groups is 1. The van der Waals surface area contributed by atoms with E-state index in [-0.39, 0.29) is 106 Å². The van der Waals surface area contributed by atoms with E-state index in [9.17, 15) is 96.8 Å². The Bertz CT molecular complexity index is 4350. The van der Waals surface area contributed by atoms with Crippen LogP contribution in [0, 0.1) is 5.41 Å². The number of nitrogens with one attached hydrogen (secondary N) is 14. The summed E-state index contributed by atoms with van der Waals surface area (Å²) in [6.45, 7) is -1.49. The van der Waals surface area contributed by atoms with Crippen LogP contribution in [0.25, 0.3) is 32.3 Å². The van der Waals surface area contributed by atoms with Gasteiger partial charge in [-0.3, -0.25) is 71.8 Å². The van der Waals surface area contributed by atoms with Gasteiger partial charge in [-0.15, -0.1) is 11.8 Å². The number of anilines is 1. The van der Waals surface area contributed by atoms with Crippen LogP contribution >= 0.6 is 45.6 Å². The average molecular weight is 1540 g/mol. The minimum atomic E-state index is -5.22. The molecule has 0 unspecified atom stereocenters. The third-order valence-electron chi connectivity index (χ3n) is 15.4. The Morgan fingerprint density at radius 2 is 1.11 bits per heavy atom. The molecule has 20 N–H and O–H groups in total. The lowest BCUT2D eigenvalue weighted by atomic mass is 9.93. The number of carboxylic acid groups (broad SMARTS) is 1. The van der Waals surface area contributed by atoms with Gasteiger partial charge in [-0.1, -0.05) is 76.2 Å². The maximum atomic E-state index is 14.7. The molecule has 2 bridgehead atoms. The van der Waals surface area contributed by atoms with E-state index in [1.165, 1.54) is 19.2 Å². The lowest BCUT2D eigenvalue weighted by molar-refractivity contribution is -0.141. The topological polar surface area (TPSA) is 577 Å². The van der Waals surface area contributed by atoms with Crippen molar-refractivity contribution in [2.75, 3.05) is 61.6 Å². The normalized spacial score (nSPS) is 20.8. The number of benzene rings is 5. The standard InChI is InChI=1S/C58H71N15O21S7/c1-61-44(74)22-64-51(80)38-24-96-27-46(76)66-34(10-5-6-16-63-58(95)73-35-19-41(99(86,87)88)30-14-15-32-43(101(92,93)94)21-42(100(89,90)91)31-13-12-29(35)48(30)49(31)32)52(81)71-39-25-97-98-26-40(56(85)69-36(53(82)70-38)18-28-8-3-2-4-9-28)72-54(83)37(20-47(77)78)67-45(75)23-65-50(79)33(68-55(39)84)11-7-17-62-57(59)60/h2-4,8-9,12-15,19,21,33-34,36-40H,5-7,10-11,16-18,20,22-27H2,1H3,(H,61,74)(H,64,80)(H,65,79)(H,66,76)(H,67,75)(H,68,84)(H,69,85)(H,70,82)(H,71,81)(H,72,83)(H,77,78)(H4,59,60,62)(H2,63,73,95)(H,86,87,88)(H,89,90,91)(H,92,93,94)/t33-,34-,36-,37-,38-,39-,40-/m0/s1. The van der Waals surface area contributed by atoms with Crippen molar-refractivity contribution in [3.63, 3.8) is 0 Å². The van der Waals surface area contributed by atoms with Gasteiger partial charge in [-0.25, -0.2) is 0 Å². The molecule has 2 heterocycles. The molecule has 43 heteroatoms. The smallest absolute Gasteiger partial charge is 0.305 e. The molecule has 7 rings (SSSR count). The van der Waals surface area contributed by atoms with E-state index in [0.29, 0.717) is 11.6 Å². The molecule has 7 atom stereocenters. The summed E-state index contributed by atoms with van der Waals surface area (Å²) in [7, 11) is -12.6. The fourth-order valence-corrected chi connectivity index (χ4v) is 16.2. The van der Waals surface area contributed by atoms with Crippen LogP contribution in [-0.4, -0.2) is 219 Å². The van der Waals surface area contributed by atoms with Gasteiger partial charge in [0.1, 0.15) is 57.0 Å². The highest BCUT2D eigenvalue weighted by Crippen LogP contribution is 2.44. The first-order chi connectivity index (χ1) is 47.6. The quantitative estimate of drug-likeness (QED) is 0.00716. The average Bonchev–Trinajstić information content (AvgIpc) is 0.708. The highest BCUT2D eigenvalue weighted by Gasteiger charge is 2.36. The number of carbonyl (C=O) groups excluding carboxylic acids is 10. The molecule has 0 spiro atoms. The second-order valence-corrected chi connectivity index (χ2v) is 30.8. The lowest BCUT2D eigenvalue weighted by Gasteiger charge is -2.27. The Morgan fingerprint density at radius 1 is 0.594 bits per heavy atom. The first kappa shape index (κ1) is 79.4. The number of likely N-dealkylation sites (N-methyl/N-ethyl adjacent to an activating group) is 1.